The summed E-state index contributed by atoms with van der Waals surface area (Å²) in [6, 6.07) is 0.321. The molecule has 2 heterocycles. The molecule has 5 heteroatoms. The molecule has 1 aliphatic heterocycles. The standard InChI is InChI=1S/C11H18BrN3O/c1-8-11(12)10(14(2)13-8)6-15-5-3-4-9(15)7-16/h9,16H,3-7H2,1-2H3/t9-/m0/s1. The van der Waals surface area contributed by atoms with E-state index in [9.17, 15) is 5.11 Å². The Morgan fingerprint density at radius 1 is 1.56 bits per heavy atom. The molecule has 0 aliphatic carbocycles. The van der Waals surface area contributed by atoms with Gasteiger partial charge in [-0.15, -0.1) is 0 Å². The third-order valence-corrected chi connectivity index (χ3v) is 4.36. The fourth-order valence-electron chi connectivity index (χ4n) is 2.35. The van der Waals surface area contributed by atoms with Crippen LogP contribution >= 0.6 is 15.9 Å². The summed E-state index contributed by atoms with van der Waals surface area (Å²) in [5.41, 5.74) is 2.22. The molecular weight excluding hydrogens is 270 g/mol. The number of halogens is 1. The molecule has 0 aromatic carbocycles. The van der Waals surface area contributed by atoms with Crippen molar-refractivity contribution < 1.29 is 5.11 Å². The first-order valence-electron chi connectivity index (χ1n) is 5.66. The van der Waals surface area contributed by atoms with E-state index in [0.29, 0.717) is 6.04 Å². The minimum Gasteiger partial charge on any atom is -0.395 e. The van der Waals surface area contributed by atoms with Crippen molar-refractivity contribution in [3.8, 4) is 0 Å². The van der Waals surface area contributed by atoms with E-state index in [4.69, 9.17) is 0 Å². The Bertz CT molecular complexity index is 378. The van der Waals surface area contributed by atoms with Gasteiger partial charge in [0, 0.05) is 19.6 Å². The first-order chi connectivity index (χ1) is 7.63. The maximum absolute atomic E-state index is 9.28. The summed E-state index contributed by atoms with van der Waals surface area (Å²) in [6.07, 6.45) is 2.28. The van der Waals surface area contributed by atoms with Crippen molar-refractivity contribution in [1.82, 2.24) is 14.7 Å². The van der Waals surface area contributed by atoms with Crippen LogP contribution < -0.4 is 0 Å². The Labute approximate surface area is 104 Å². The molecule has 0 unspecified atom stereocenters. The molecule has 0 amide bonds. The molecule has 2 rings (SSSR count). The molecule has 0 bridgehead atoms. The molecule has 1 aromatic heterocycles. The predicted molar refractivity (Wildman–Crippen MR) is 66.2 cm³/mol. The van der Waals surface area contributed by atoms with Gasteiger partial charge >= 0.3 is 0 Å². The lowest BCUT2D eigenvalue weighted by Crippen LogP contribution is -2.32. The Morgan fingerprint density at radius 3 is 2.88 bits per heavy atom. The van der Waals surface area contributed by atoms with Gasteiger partial charge in [0.05, 0.1) is 22.5 Å². The molecule has 16 heavy (non-hydrogen) atoms. The normalized spacial score (nSPS) is 21.9. The lowest BCUT2D eigenvalue weighted by molar-refractivity contribution is 0.151. The van der Waals surface area contributed by atoms with E-state index in [1.807, 2.05) is 18.7 Å². The highest BCUT2D eigenvalue weighted by Crippen LogP contribution is 2.25. The number of aliphatic hydroxyl groups is 1. The van der Waals surface area contributed by atoms with Gasteiger partial charge in [0.2, 0.25) is 0 Å². The summed E-state index contributed by atoms with van der Waals surface area (Å²) in [4.78, 5) is 2.33. The molecular formula is C11H18BrN3O. The predicted octanol–water partition coefficient (Wildman–Crippen LogP) is 1.45. The lowest BCUT2D eigenvalue weighted by Gasteiger charge is -2.22. The number of rotatable bonds is 3. The quantitative estimate of drug-likeness (QED) is 0.915. The van der Waals surface area contributed by atoms with Crippen molar-refractivity contribution in [2.75, 3.05) is 13.2 Å². The van der Waals surface area contributed by atoms with E-state index < -0.39 is 0 Å². The molecule has 1 fully saturated rings. The van der Waals surface area contributed by atoms with Crippen LogP contribution in [0.3, 0.4) is 0 Å². The van der Waals surface area contributed by atoms with Crippen LogP contribution in [0.4, 0.5) is 0 Å². The van der Waals surface area contributed by atoms with Crippen LogP contribution in [-0.4, -0.2) is 39.0 Å². The number of nitrogens with zero attached hydrogens (tertiary/aromatic N) is 3. The van der Waals surface area contributed by atoms with Crippen LogP contribution in [0, 0.1) is 6.92 Å². The van der Waals surface area contributed by atoms with E-state index >= 15 is 0 Å². The van der Waals surface area contributed by atoms with Gasteiger partial charge in [-0.25, -0.2) is 0 Å². The Hall–Kier alpha value is -0.390. The van der Waals surface area contributed by atoms with Crippen molar-refractivity contribution in [2.45, 2.75) is 32.4 Å². The van der Waals surface area contributed by atoms with Crippen LogP contribution in [0.2, 0.25) is 0 Å². The fraction of sp³-hybridized carbons (Fsp3) is 0.727. The highest BCUT2D eigenvalue weighted by atomic mass is 79.9. The molecule has 1 aliphatic rings. The number of hydrogen-bond donors (Lipinski definition) is 1. The summed E-state index contributed by atoms with van der Waals surface area (Å²) in [5, 5.41) is 13.7. The summed E-state index contributed by atoms with van der Waals surface area (Å²) in [5.74, 6) is 0. The Kier molecular flexibility index (Phi) is 3.66. The lowest BCUT2D eigenvalue weighted by atomic mass is 10.2. The highest BCUT2D eigenvalue weighted by molar-refractivity contribution is 9.10. The highest BCUT2D eigenvalue weighted by Gasteiger charge is 2.25. The number of hydrogen-bond acceptors (Lipinski definition) is 3. The molecule has 1 saturated heterocycles. The second-order valence-corrected chi connectivity index (χ2v) is 5.21. The smallest absolute Gasteiger partial charge is 0.0739 e. The van der Waals surface area contributed by atoms with Gasteiger partial charge in [-0.1, -0.05) is 0 Å². The number of aryl methyl sites for hydroxylation is 2. The number of aromatic nitrogens is 2. The zero-order valence-electron chi connectivity index (χ0n) is 9.78. The van der Waals surface area contributed by atoms with Crippen LogP contribution in [0.25, 0.3) is 0 Å². The van der Waals surface area contributed by atoms with Gasteiger partial charge < -0.3 is 5.11 Å². The molecule has 1 atom stereocenters. The van der Waals surface area contributed by atoms with Crippen molar-refractivity contribution in [3.05, 3.63) is 15.9 Å². The summed E-state index contributed by atoms with van der Waals surface area (Å²) in [6.45, 7) is 4.20. The van der Waals surface area contributed by atoms with Gasteiger partial charge in [0.25, 0.3) is 0 Å². The fourth-order valence-corrected chi connectivity index (χ4v) is 2.82. The molecule has 0 radical (unpaired) electrons. The average molecular weight is 288 g/mol. The van der Waals surface area contributed by atoms with E-state index in [1.165, 1.54) is 12.1 Å². The monoisotopic (exact) mass is 287 g/mol. The Morgan fingerprint density at radius 2 is 2.31 bits per heavy atom. The van der Waals surface area contributed by atoms with Gasteiger partial charge in [-0.05, 0) is 42.2 Å². The van der Waals surface area contributed by atoms with E-state index in [0.717, 1.165) is 29.7 Å². The first kappa shape index (κ1) is 12.1. The van der Waals surface area contributed by atoms with Crippen molar-refractivity contribution >= 4 is 15.9 Å². The van der Waals surface area contributed by atoms with Crippen molar-refractivity contribution in [3.63, 3.8) is 0 Å². The second-order valence-electron chi connectivity index (χ2n) is 4.42. The molecule has 0 spiro atoms. The van der Waals surface area contributed by atoms with Gasteiger partial charge in [0.15, 0.2) is 0 Å². The average Bonchev–Trinajstić information content (AvgIpc) is 2.79. The van der Waals surface area contributed by atoms with Crippen LogP contribution in [-0.2, 0) is 13.6 Å². The molecule has 0 saturated carbocycles. The third-order valence-electron chi connectivity index (χ3n) is 3.32. The maximum atomic E-state index is 9.28. The minimum absolute atomic E-state index is 0.258. The molecule has 90 valence electrons. The van der Waals surface area contributed by atoms with Crippen LogP contribution in [0.1, 0.15) is 24.2 Å². The van der Waals surface area contributed by atoms with Gasteiger partial charge in [0.1, 0.15) is 0 Å². The summed E-state index contributed by atoms with van der Waals surface area (Å²) < 4.78 is 3.02. The molecule has 1 aromatic rings. The second kappa shape index (κ2) is 4.85. The Balaban J connectivity index is 2.14. The summed E-state index contributed by atoms with van der Waals surface area (Å²) in [7, 11) is 1.97. The van der Waals surface area contributed by atoms with Crippen LogP contribution in [0.15, 0.2) is 4.47 Å². The van der Waals surface area contributed by atoms with E-state index in [-0.39, 0.29) is 6.61 Å². The summed E-state index contributed by atoms with van der Waals surface area (Å²) >= 11 is 3.58. The van der Waals surface area contributed by atoms with Crippen LogP contribution in [0.5, 0.6) is 0 Å². The zero-order chi connectivity index (χ0) is 11.7. The van der Waals surface area contributed by atoms with Gasteiger partial charge in [-0.3, -0.25) is 9.58 Å². The SMILES string of the molecule is Cc1nn(C)c(CN2CCC[C@H]2CO)c1Br. The molecule has 4 nitrogen and oxygen atoms in total. The van der Waals surface area contributed by atoms with Gasteiger partial charge in [-0.2, -0.15) is 5.10 Å². The zero-order valence-corrected chi connectivity index (χ0v) is 11.4. The number of likely N-dealkylation sites (tertiary alicyclic amines) is 1. The first-order valence-corrected chi connectivity index (χ1v) is 6.45. The topological polar surface area (TPSA) is 41.3 Å². The maximum Gasteiger partial charge on any atom is 0.0739 e. The van der Waals surface area contributed by atoms with E-state index in [1.54, 1.807) is 0 Å². The van der Waals surface area contributed by atoms with Crippen molar-refractivity contribution in [1.29, 1.82) is 0 Å². The largest absolute Gasteiger partial charge is 0.395 e. The van der Waals surface area contributed by atoms with Crippen molar-refractivity contribution in [2.24, 2.45) is 7.05 Å². The third kappa shape index (κ3) is 2.17. The van der Waals surface area contributed by atoms with E-state index in [2.05, 4.69) is 25.9 Å². The number of aliphatic hydroxyl groups excluding tert-OH is 1. The minimum atomic E-state index is 0.258. The molecule has 1 N–H and O–H groups in total.